The number of piperazine rings is 1. The SMILES string of the molecule is CSc1ccc(CN2C3CC2CN(c2ccc(-c4cc(N5CC(C)(O)C5)cn5ncc(C#N)c45)cn2)C3)cn1. The van der Waals surface area contributed by atoms with Crippen LogP contribution in [0.15, 0.2) is 60.1 Å². The third-order valence-electron chi connectivity index (χ3n) is 8.25. The third-order valence-corrected chi connectivity index (χ3v) is 8.90. The van der Waals surface area contributed by atoms with E-state index in [-0.39, 0.29) is 0 Å². The Bertz CT molecular complexity index is 1560. The van der Waals surface area contributed by atoms with Gasteiger partial charge in [0.1, 0.15) is 11.9 Å². The Labute approximate surface area is 231 Å². The zero-order valence-electron chi connectivity index (χ0n) is 22.0. The van der Waals surface area contributed by atoms with Crippen molar-refractivity contribution >= 4 is 28.8 Å². The second kappa shape index (κ2) is 9.23. The van der Waals surface area contributed by atoms with Crippen molar-refractivity contribution in [2.75, 3.05) is 42.2 Å². The fourth-order valence-electron chi connectivity index (χ4n) is 6.24. The second-order valence-electron chi connectivity index (χ2n) is 11.2. The van der Waals surface area contributed by atoms with Gasteiger partial charge in [-0.3, -0.25) is 4.90 Å². The van der Waals surface area contributed by atoms with E-state index in [2.05, 4.69) is 67.4 Å². The molecule has 8 rings (SSSR count). The first-order valence-electron chi connectivity index (χ1n) is 13.3. The summed E-state index contributed by atoms with van der Waals surface area (Å²) in [7, 11) is 0. The van der Waals surface area contributed by atoms with E-state index < -0.39 is 5.60 Å². The molecule has 0 saturated carbocycles. The number of thioether (sulfide) groups is 1. The normalized spacial score (nSPS) is 21.9. The summed E-state index contributed by atoms with van der Waals surface area (Å²) in [5.41, 5.74) is 4.73. The first-order valence-corrected chi connectivity index (χ1v) is 14.5. The Morgan fingerprint density at radius 1 is 1.08 bits per heavy atom. The molecule has 1 N–H and O–H groups in total. The number of nitriles is 1. The van der Waals surface area contributed by atoms with Crippen LogP contribution in [0.5, 0.6) is 0 Å². The number of rotatable bonds is 6. The molecule has 0 radical (unpaired) electrons. The highest BCUT2D eigenvalue weighted by molar-refractivity contribution is 7.98. The smallest absolute Gasteiger partial charge is 0.128 e. The van der Waals surface area contributed by atoms with Crippen LogP contribution in [0.4, 0.5) is 11.5 Å². The average Bonchev–Trinajstić information content (AvgIpc) is 3.38. The quantitative estimate of drug-likeness (QED) is 0.371. The van der Waals surface area contributed by atoms with Gasteiger partial charge in [0.25, 0.3) is 0 Å². The average molecular weight is 539 g/mol. The van der Waals surface area contributed by atoms with Crippen LogP contribution in [-0.2, 0) is 6.54 Å². The Kier molecular flexibility index (Phi) is 5.77. The summed E-state index contributed by atoms with van der Waals surface area (Å²) in [6, 6.07) is 13.9. The van der Waals surface area contributed by atoms with Crippen LogP contribution in [0.25, 0.3) is 16.6 Å². The molecule has 4 aliphatic rings. The van der Waals surface area contributed by atoms with Crippen molar-refractivity contribution < 1.29 is 5.11 Å². The molecule has 39 heavy (non-hydrogen) atoms. The van der Waals surface area contributed by atoms with E-state index >= 15 is 0 Å². The molecule has 4 fully saturated rings. The summed E-state index contributed by atoms with van der Waals surface area (Å²) < 4.78 is 1.76. The molecule has 9 nitrogen and oxygen atoms in total. The number of piperidine rings is 1. The Morgan fingerprint density at radius 2 is 1.90 bits per heavy atom. The molecule has 4 aromatic heterocycles. The third kappa shape index (κ3) is 4.31. The van der Waals surface area contributed by atoms with Crippen LogP contribution in [0.1, 0.15) is 24.5 Å². The molecule has 2 bridgehead atoms. The number of aromatic nitrogens is 4. The fourth-order valence-corrected chi connectivity index (χ4v) is 6.60. The lowest BCUT2D eigenvalue weighted by atomic mass is 9.87. The summed E-state index contributed by atoms with van der Waals surface area (Å²) >= 11 is 1.67. The number of nitrogens with zero attached hydrogens (tertiary/aromatic N) is 8. The van der Waals surface area contributed by atoms with Crippen LogP contribution < -0.4 is 9.80 Å². The molecule has 4 saturated heterocycles. The van der Waals surface area contributed by atoms with Crippen LogP contribution in [0.2, 0.25) is 0 Å². The maximum Gasteiger partial charge on any atom is 0.128 e. The van der Waals surface area contributed by atoms with E-state index in [0.717, 1.165) is 52.8 Å². The van der Waals surface area contributed by atoms with Gasteiger partial charge in [-0.1, -0.05) is 6.07 Å². The van der Waals surface area contributed by atoms with E-state index in [9.17, 15) is 10.4 Å². The lowest BCUT2D eigenvalue weighted by Gasteiger charge is -2.56. The molecule has 8 heterocycles. The molecule has 10 heteroatoms. The largest absolute Gasteiger partial charge is 0.386 e. The van der Waals surface area contributed by atoms with Crippen molar-refractivity contribution in [1.82, 2.24) is 24.5 Å². The maximum atomic E-state index is 10.2. The minimum absolute atomic E-state index is 0.528. The van der Waals surface area contributed by atoms with Gasteiger partial charge in [-0.15, -0.1) is 11.8 Å². The highest BCUT2D eigenvalue weighted by atomic mass is 32.2. The van der Waals surface area contributed by atoms with Crippen molar-refractivity contribution in [2.45, 2.75) is 42.6 Å². The molecule has 0 amide bonds. The molecule has 198 valence electrons. The summed E-state index contributed by atoms with van der Waals surface area (Å²) in [6.07, 6.45) is 10.7. The second-order valence-corrected chi connectivity index (χ2v) is 12.0. The van der Waals surface area contributed by atoms with Crippen molar-refractivity contribution in [3.8, 4) is 17.2 Å². The number of anilines is 2. The van der Waals surface area contributed by atoms with Gasteiger partial charge in [-0.05, 0) is 49.4 Å². The van der Waals surface area contributed by atoms with E-state index in [4.69, 9.17) is 4.98 Å². The van der Waals surface area contributed by atoms with Gasteiger partial charge >= 0.3 is 0 Å². The molecular weight excluding hydrogens is 508 g/mol. The summed E-state index contributed by atoms with van der Waals surface area (Å²) in [5, 5.41) is 25.4. The summed E-state index contributed by atoms with van der Waals surface area (Å²) in [5.74, 6) is 0.985. The molecule has 0 spiro atoms. The molecule has 2 unspecified atom stereocenters. The van der Waals surface area contributed by atoms with E-state index in [1.54, 1.807) is 22.5 Å². The Hall–Kier alpha value is -3.65. The molecular formula is C29H30N8OS. The molecule has 0 aromatic carbocycles. The highest BCUT2D eigenvalue weighted by Gasteiger charge is 2.44. The van der Waals surface area contributed by atoms with Gasteiger partial charge in [0.15, 0.2) is 0 Å². The lowest BCUT2D eigenvalue weighted by Crippen LogP contribution is -2.68. The molecule has 0 aliphatic carbocycles. The number of pyridine rings is 3. The number of hydrogen-bond acceptors (Lipinski definition) is 9. The predicted molar refractivity (Wildman–Crippen MR) is 152 cm³/mol. The van der Waals surface area contributed by atoms with Crippen molar-refractivity contribution in [3.63, 3.8) is 0 Å². The zero-order valence-corrected chi connectivity index (χ0v) is 22.8. The zero-order chi connectivity index (χ0) is 26.7. The first-order chi connectivity index (χ1) is 18.9. The lowest BCUT2D eigenvalue weighted by molar-refractivity contribution is -0.00877. The van der Waals surface area contributed by atoms with Gasteiger partial charge in [-0.25, -0.2) is 14.5 Å². The molecule has 4 aromatic rings. The van der Waals surface area contributed by atoms with Crippen molar-refractivity contribution in [2.24, 2.45) is 0 Å². The number of β-amino-alcohol motifs (C(OH)–C–C–N with tert-alkyl or cyclic N) is 1. The Morgan fingerprint density at radius 3 is 2.54 bits per heavy atom. The Balaban J connectivity index is 1.10. The molecule has 2 atom stereocenters. The van der Waals surface area contributed by atoms with Crippen molar-refractivity contribution in [1.29, 1.82) is 5.26 Å². The van der Waals surface area contributed by atoms with Gasteiger partial charge in [0, 0.05) is 68.3 Å². The number of aliphatic hydroxyl groups is 1. The monoisotopic (exact) mass is 538 g/mol. The van der Waals surface area contributed by atoms with Gasteiger partial charge in [0.2, 0.25) is 0 Å². The first kappa shape index (κ1) is 24.4. The summed E-state index contributed by atoms with van der Waals surface area (Å²) in [4.78, 5) is 16.5. The minimum atomic E-state index is -0.680. The van der Waals surface area contributed by atoms with Gasteiger partial charge < -0.3 is 14.9 Å². The van der Waals surface area contributed by atoms with Crippen LogP contribution in [0, 0.1) is 11.3 Å². The minimum Gasteiger partial charge on any atom is -0.386 e. The van der Waals surface area contributed by atoms with Crippen LogP contribution in [-0.4, -0.2) is 79.7 Å². The number of hydrogen-bond donors (Lipinski definition) is 1. The number of fused-ring (bicyclic) bond motifs is 3. The highest BCUT2D eigenvalue weighted by Crippen LogP contribution is 2.37. The molecule has 4 aliphatic heterocycles. The van der Waals surface area contributed by atoms with E-state index in [0.29, 0.717) is 30.7 Å². The van der Waals surface area contributed by atoms with Gasteiger partial charge in [-0.2, -0.15) is 10.4 Å². The summed E-state index contributed by atoms with van der Waals surface area (Å²) in [6.45, 7) is 5.86. The standard InChI is InChI=1S/C29H30N8OS/c1-29(38)17-35(18-29)22-8-25(28-21(9-30)12-33-37(28)16-22)20-4-5-26(31-11-20)34-14-23-7-24(15-34)36(23)13-19-3-6-27(39-2)32-10-19/h3-6,8,10-12,16,23-24,38H,7,13-15,17-18H2,1-2H3. The maximum absolute atomic E-state index is 10.2. The van der Waals surface area contributed by atoms with E-state index in [1.165, 1.54) is 12.0 Å². The van der Waals surface area contributed by atoms with Gasteiger partial charge in [0.05, 0.1) is 39.8 Å². The predicted octanol–water partition coefficient (Wildman–Crippen LogP) is 3.42. The fraction of sp³-hybridized carbons (Fsp3) is 0.379. The van der Waals surface area contributed by atoms with Crippen molar-refractivity contribution in [3.05, 3.63) is 66.2 Å². The van der Waals surface area contributed by atoms with Crippen LogP contribution >= 0.6 is 11.8 Å². The van der Waals surface area contributed by atoms with Crippen LogP contribution in [0.3, 0.4) is 0 Å². The topological polar surface area (TPSA) is 96.8 Å². The van der Waals surface area contributed by atoms with E-state index in [1.807, 2.05) is 25.5 Å².